The predicted octanol–water partition coefficient (Wildman–Crippen LogP) is 2.32. The van der Waals surface area contributed by atoms with Crippen LogP contribution in [-0.4, -0.2) is 71.5 Å². The van der Waals surface area contributed by atoms with Gasteiger partial charge >= 0.3 is 0 Å². The molecule has 3 rings (SSSR count). The van der Waals surface area contributed by atoms with E-state index in [-0.39, 0.29) is 22.8 Å². The van der Waals surface area contributed by atoms with Crippen molar-refractivity contribution in [2.45, 2.75) is 81.7 Å². The summed E-state index contributed by atoms with van der Waals surface area (Å²) < 4.78 is 42.5. The molecule has 1 saturated carbocycles. The fourth-order valence-electron chi connectivity index (χ4n) is 3.58. The predicted molar refractivity (Wildman–Crippen MR) is 106 cm³/mol. The number of rotatable bonds is 7. The molecular formula is C17H27ClF2N4O3S. The molecule has 2 fully saturated rings. The lowest BCUT2D eigenvalue weighted by Crippen LogP contribution is -2.53. The summed E-state index contributed by atoms with van der Waals surface area (Å²) in [6, 6.07) is -0.909. The molecule has 1 aliphatic carbocycles. The highest BCUT2D eigenvalue weighted by molar-refractivity contribution is 7.99. The Kier molecular flexibility index (Phi) is 7.20. The first-order valence-corrected chi connectivity index (χ1v) is 10.8. The van der Waals surface area contributed by atoms with Gasteiger partial charge in [-0.15, -0.1) is 11.8 Å². The van der Waals surface area contributed by atoms with Gasteiger partial charge in [-0.25, -0.2) is 18.8 Å². The van der Waals surface area contributed by atoms with E-state index in [0.29, 0.717) is 12.3 Å². The average Bonchev–Trinajstić information content (AvgIpc) is 3.09. The SMILES string of the molecule is CCCSC1N=C(Cl)C(N)C(NC2CC(OCC(F)F)C3OC(C)(C)OC23)=N1. The van der Waals surface area contributed by atoms with Gasteiger partial charge in [0.05, 0.1) is 12.1 Å². The summed E-state index contributed by atoms with van der Waals surface area (Å²) in [6.45, 7) is 5.01. The molecule has 11 heteroatoms. The van der Waals surface area contributed by atoms with E-state index in [4.69, 9.17) is 31.5 Å². The Balaban J connectivity index is 1.72. The van der Waals surface area contributed by atoms with Crippen molar-refractivity contribution in [1.29, 1.82) is 0 Å². The molecule has 0 aromatic rings. The molecule has 160 valence electrons. The van der Waals surface area contributed by atoms with E-state index < -0.39 is 37.1 Å². The number of hydrogen-bond acceptors (Lipinski definition) is 8. The summed E-state index contributed by atoms with van der Waals surface area (Å²) in [5.74, 6) is 0.588. The van der Waals surface area contributed by atoms with E-state index >= 15 is 0 Å². The van der Waals surface area contributed by atoms with E-state index in [1.165, 1.54) is 0 Å². The number of nitrogens with zero attached hydrogens (tertiary/aromatic N) is 2. The van der Waals surface area contributed by atoms with Crippen LogP contribution in [0.4, 0.5) is 8.78 Å². The Morgan fingerprint density at radius 1 is 1.36 bits per heavy atom. The molecule has 0 bridgehead atoms. The van der Waals surface area contributed by atoms with Crippen LogP contribution in [0, 0.1) is 0 Å². The number of amidine groups is 1. The first-order chi connectivity index (χ1) is 13.2. The van der Waals surface area contributed by atoms with Gasteiger partial charge in [0, 0.05) is 0 Å². The van der Waals surface area contributed by atoms with Gasteiger partial charge in [-0.3, -0.25) is 0 Å². The van der Waals surface area contributed by atoms with Gasteiger partial charge in [0.1, 0.15) is 35.9 Å². The number of nitrogens with two attached hydrogens (primary N) is 1. The van der Waals surface area contributed by atoms with Crippen LogP contribution in [0.1, 0.15) is 33.6 Å². The van der Waals surface area contributed by atoms with Crippen LogP contribution in [0.5, 0.6) is 0 Å². The second-order valence-corrected chi connectivity index (χ2v) is 9.01. The lowest BCUT2D eigenvalue weighted by molar-refractivity contribution is -0.171. The number of ether oxygens (including phenoxy) is 3. The summed E-state index contributed by atoms with van der Waals surface area (Å²) >= 11 is 7.79. The Morgan fingerprint density at radius 3 is 2.75 bits per heavy atom. The van der Waals surface area contributed by atoms with Crippen LogP contribution < -0.4 is 11.1 Å². The summed E-state index contributed by atoms with van der Waals surface area (Å²) in [7, 11) is 0. The van der Waals surface area contributed by atoms with Gasteiger partial charge < -0.3 is 25.3 Å². The largest absolute Gasteiger partial charge is 0.369 e. The third kappa shape index (κ3) is 5.14. The van der Waals surface area contributed by atoms with Gasteiger partial charge in [-0.1, -0.05) is 18.5 Å². The molecule has 1 saturated heterocycles. The van der Waals surface area contributed by atoms with Crippen molar-refractivity contribution in [3.8, 4) is 0 Å². The zero-order valence-corrected chi connectivity index (χ0v) is 17.7. The smallest absolute Gasteiger partial charge is 0.261 e. The number of fused-ring (bicyclic) bond motifs is 1. The normalized spacial score (nSPS) is 37.0. The van der Waals surface area contributed by atoms with E-state index in [9.17, 15) is 8.78 Å². The summed E-state index contributed by atoms with van der Waals surface area (Å²) in [5, 5.41) is 3.59. The van der Waals surface area contributed by atoms with Gasteiger partial charge in [0.2, 0.25) is 0 Å². The lowest BCUT2D eigenvalue weighted by Gasteiger charge is -2.28. The molecule has 2 aliphatic heterocycles. The second-order valence-electron chi connectivity index (χ2n) is 7.46. The molecule has 28 heavy (non-hydrogen) atoms. The number of hydrogen-bond donors (Lipinski definition) is 2. The van der Waals surface area contributed by atoms with Gasteiger partial charge in [0.15, 0.2) is 11.3 Å². The van der Waals surface area contributed by atoms with E-state index in [0.717, 1.165) is 12.2 Å². The molecule has 6 atom stereocenters. The maximum absolute atomic E-state index is 12.6. The van der Waals surface area contributed by atoms with Crippen LogP contribution in [0.2, 0.25) is 0 Å². The molecule has 3 aliphatic rings. The van der Waals surface area contributed by atoms with Crippen molar-refractivity contribution in [1.82, 2.24) is 5.32 Å². The van der Waals surface area contributed by atoms with Crippen LogP contribution in [0.3, 0.4) is 0 Å². The average molecular weight is 441 g/mol. The Hall–Kier alpha value is -0.520. The molecular weight excluding hydrogens is 414 g/mol. The number of halogens is 3. The van der Waals surface area contributed by atoms with Gasteiger partial charge in [-0.2, -0.15) is 0 Å². The number of thioether (sulfide) groups is 1. The van der Waals surface area contributed by atoms with Crippen LogP contribution in [0.25, 0.3) is 0 Å². The molecule has 0 amide bonds. The van der Waals surface area contributed by atoms with E-state index in [1.54, 1.807) is 25.6 Å². The van der Waals surface area contributed by atoms with Crippen molar-refractivity contribution >= 4 is 34.4 Å². The first kappa shape index (κ1) is 22.2. The maximum Gasteiger partial charge on any atom is 0.261 e. The molecule has 0 radical (unpaired) electrons. The number of alkyl halides is 2. The molecule has 3 N–H and O–H groups in total. The van der Waals surface area contributed by atoms with Crippen molar-refractivity contribution < 1.29 is 23.0 Å². The zero-order chi connectivity index (χ0) is 20.5. The second kappa shape index (κ2) is 9.09. The highest BCUT2D eigenvalue weighted by Crippen LogP contribution is 2.40. The van der Waals surface area contributed by atoms with Crippen LogP contribution in [0.15, 0.2) is 9.98 Å². The highest BCUT2D eigenvalue weighted by Gasteiger charge is 2.55. The van der Waals surface area contributed by atoms with Gasteiger partial charge in [0.25, 0.3) is 6.43 Å². The summed E-state index contributed by atoms with van der Waals surface area (Å²) in [5.41, 5.74) is 5.80. The molecule has 6 unspecified atom stereocenters. The first-order valence-electron chi connectivity index (χ1n) is 9.40. The maximum atomic E-state index is 12.6. The number of aliphatic imine (C=N–C) groups is 2. The molecule has 2 heterocycles. The minimum absolute atomic E-state index is 0.251. The monoisotopic (exact) mass is 440 g/mol. The van der Waals surface area contributed by atoms with Crippen molar-refractivity contribution in [2.75, 3.05) is 12.4 Å². The van der Waals surface area contributed by atoms with E-state index in [1.807, 2.05) is 0 Å². The van der Waals surface area contributed by atoms with Crippen molar-refractivity contribution in [3.05, 3.63) is 0 Å². The highest BCUT2D eigenvalue weighted by atomic mass is 35.5. The summed E-state index contributed by atoms with van der Waals surface area (Å²) in [4.78, 5) is 8.89. The third-order valence-electron chi connectivity index (χ3n) is 4.69. The van der Waals surface area contributed by atoms with E-state index in [2.05, 4.69) is 22.2 Å². The molecule has 0 aromatic carbocycles. The van der Waals surface area contributed by atoms with Gasteiger partial charge in [-0.05, 0) is 32.4 Å². The minimum atomic E-state index is -2.54. The van der Waals surface area contributed by atoms with Crippen molar-refractivity contribution in [2.24, 2.45) is 15.7 Å². The molecule has 7 nitrogen and oxygen atoms in total. The Bertz CT molecular complexity index is 625. The standard InChI is InChI=1S/C17H27ClF2N4O3S/c1-4-5-28-16-23-14(18)11(21)15(24-16)22-8-6-9(25-7-10(19)20)13-12(8)26-17(2,3)27-13/h8-13,16H,4-7,21H2,1-3H3,(H,22,24). The Morgan fingerprint density at radius 2 is 2.07 bits per heavy atom. The van der Waals surface area contributed by atoms with Crippen LogP contribution in [-0.2, 0) is 14.2 Å². The quantitative estimate of drug-likeness (QED) is 0.631. The zero-order valence-electron chi connectivity index (χ0n) is 16.1. The fourth-order valence-corrected chi connectivity index (χ4v) is 4.65. The fraction of sp³-hybridized carbons (Fsp3) is 0.882. The minimum Gasteiger partial charge on any atom is -0.369 e. The topological polar surface area (TPSA) is 90.5 Å². The number of nitrogens with one attached hydrogen (secondary N) is 1. The Labute approximate surface area is 172 Å². The third-order valence-corrected chi connectivity index (χ3v) is 6.17. The molecule has 0 spiro atoms. The van der Waals surface area contributed by atoms with Crippen molar-refractivity contribution in [3.63, 3.8) is 0 Å². The van der Waals surface area contributed by atoms with Crippen LogP contribution >= 0.6 is 23.4 Å². The molecule has 0 aromatic heterocycles. The summed E-state index contributed by atoms with van der Waals surface area (Å²) in [6.07, 6.45) is -2.43. The lowest BCUT2D eigenvalue weighted by atomic mass is 10.1.